The van der Waals surface area contributed by atoms with Crippen molar-refractivity contribution >= 4 is 35.6 Å². The van der Waals surface area contributed by atoms with Crippen molar-refractivity contribution in [2.24, 2.45) is 4.99 Å². The van der Waals surface area contributed by atoms with Crippen LogP contribution in [0.25, 0.3) is 0 Å². The number of halogens is 1. The fourth-order valence-corrected chi connectivity index (χ4v) is 3.12. The molecule has 31 heavy (non-hydrogen) atoms. The molecule has 166 valence electrons. The highest BCUT2D eigenvalue weighted by Crippen LogP contribution is 2.29. The number of benzene rings is 2. The van der Waals surface area contributed by atoms with E-state index in [4.69, 9.17) is 14.5 Å². The summed E-state index contributed by atoms with van der Waals surface area (Å²) in [6, 6.07) is 16.1. The Morgan fingerprint density at radius 3 is 2.55 bits per heavy atom. The third kappa shape index (κ3) is 7.16. The summed E-state index contributed by atoms with van der Waals surface area (Å²) in [5.74, 6) is 3.09. The maximum absolute atomic E-state index is 5.37. The lowest BCUT2D eigenvalue weighted by Gasteiger charge is -2.14. The molecule has 0 fully saturated rings. The SMILES string of the molecule is CCNC(=NCCc1nccn1Cc1ccccc1)Nc1ccc(OC)c(OC)c1.I. The highest BCUT2D eigenvalue weighted by molar-refractivity contribution is 14.0. The Kier molecular flexibility index (Phi) is 10.2. The number of ether oxygens (including phenoxy) is 2. The number of imidazole rings is 1. The molecule has 1 heterocycles. The molecular weight excluding hydrogens is 505 g/mol. The maximum atomic E-state index is 5.37. The Balaban J connectivity index is 0.00000341. The first-order chi connectivity index (χ1) is 14.7. The van der Waals surface area contributed by atoms with Crippen LogP contribution in [0.5, 0.6) is 11.5 Å². The molecule has 0 aliphatic heterocycles. The zero-order chi connectivity index (χ0) is 21.2. The average Bonchev–Trinajstić information content (AvgIpc) is 3.21. The fourth-order valence-electron chi connectivity index (χ4n) is 3.12. The molecule has 1 aromatic heterocycles. The number of aliphatic imine (C=N–C) groups is 1. The van der Waals surface area contributed by atoms with Crippen molar-refractivity contribution in [3.8, 4) is 11.5 Å². The van der Waals surface area contributed by atoms with Gasteiger partial charge in [0.15, 0.2) is 17.5 Å². The van der Waals surface area contributed by atoms with Crippen LogP contribution in [0.2, 0.25) is 0 Å². The van der Waals surface area contributed by atoms with E-state index in [9.17, 15) is 0 Å². The largest absolute Gasteiger partial charge is 0.493 e. The molecule has 3 aromatic rings. The van der Waals surface area contributed by atoms with E-state index in [-0.39, 0.29) is 24.0 Å². The van der Waals surface area contributed by atoms with E-state index in [1.54, 1.807) is 14.2 Å². The van der Waals surface area contributed by atoms with Gasteiger partial charge in [-0.3, -0.25) is 4.99 Å². The average molecular weight is 535 g/mol. The quantitative estimate of drug-likeness (QED) is 0.244. The number of anilines is 1. The highest BCUT2D eigenvalue weighted by Gasteiger charge is 2.07. The molecule has 0 spiro atoms. The first-order valence-electron chi connectivity index (χ1n) is 10.0. The van der Waals surface area contributed by atoms with Gasteiger partial charge in [-0.15, -0.1) is 24.0 Å². The standard InChI is InChI=1S/C23H29N5O2.HI/c1-4-24-23(27-19-10-11-20(29-2)21(16-19)30-3)26-13-12-22-25-14-15-28(22)17-18-8-6-5-7-9-18;/h5-11,14-16H,4,12-13,17H2,1-3H3,(H2,24,26,27);1H. The Bertz CT molecular complexity index is 960. The van der Waals surface area contributed by atoms with Crippen molar-refractivity contribution in [2.45, 2.75) is 19.9 Å². The molecule has 0 aliphatic carbocycles. The lowest BCUT2D eigenvalue weighted by Crippen LogP contribution is -2.31. The summed E-state index contributed by atoms with van der Waals surface area (Å²) in [5.41, 5.74) is 2.13. The number of nitrogens with one attached hydrogen (secondary N) is 2. The van der Waals surface area contributed by atoms with Crippen LogP contribution in [-0.2, 0) is 13.0 Å². The highest BCUT2D eigenvalue weighted by atomic mass is 127. The van der Waals surface area contributed by atoms with Gasteiger partial charge in [0.25, 0.3) is 0 Å². The molecule has 2 N–H and O–H groups in total. The van der Waals surface area contributed by atoms with Crippen LogP contribution in [0.15, 0.2) is 65.9 Å². The van der Waals surface area contributed by atoms with Crippen molar-refractivity contribution in [3.63, 3.8) is 0 Å². The van der Waals surface area contributed by atoms with Gasteiger partial charge in [0.05, 0.1) is 14.2 Å². The molecule has 0 unspecified atom stereocenters. The third-order valence-electron chi connectivity index (χ3n) is 4.59. The monoisotopic (exact) mass is 535 g/mol. The van der Waals surface area contributed by atoms with E-state index in [1.165, 1.54) is 5.56 Å². The van der Waals surface area contributed by atoms with Gasteiger partial charge in [-0.25, -0.2) is 4.98 Å². The van der Waals surface area contributed by atoms with Crippen molar-refractivity contribution in [3.05, 3.63) is 72.3 Å². The maximum Gasteiger partial charge on any atom is 0.195 e. The normalized spacial score (nSPS) is 10.9. The van der Waals surface area contributed by atoms with Gasteiger partial charge in [-0.2, -0.15) is 0 Å². The minimum absolute atomic E-state index is 0. The Hall–Kier alpha value is -2.75. The molecule has 7 nitrogen and oxygen atoms in total. The minimum atomic E-state index is 0. The summed E-state index contributed by atoms with van der Waals surface area (Å²) >= 11 is 0. The van der Waals surface area contributed by atoms with E-state index in [0.717, 1.165) is 31.0 Å². The third-order valence-corrected chi connectivity index (χ3v) is 4.59. The summed E-state index contributed by atoms with van der Waals surface area (Å²) in [7, 11) is 3.25. The van der Waals surface area contributed by atoms with Crippen LogP contribution < -0.4 is 20.1 Å². The number of hydrogen-bond acceptors (Lipinski definition) is 4. The van der Waals surface area contributed by atoms with Crippen molar-refractivity contribution in [1.82, 2.24) is 14.9 Å². The van der Waals surface area contributed by atoms with E-state index in [0.29, 0.717) is 24.0 Å². The molecule has 0 atom stereocenters. The lowest BCUT2D eigenvalue weighted by atomic mass is 10.2. The van der Waals surface area contributed by atoms with E-state index >= 15 is 0 Å². The number of methoxy groups -OCH3 is 2. The number of aromatic nitrogens is 2. The Labute approximate surface area is 200 Å². The second-order valence-electron chi connectivity index (χ2n) is 6.66. The first kappa shape index (κ1) is 24.5. The fraction of sp³-hybridized carbons (Fsp3) is 0.304. The van der Waals surface area contributed by atoms with Gasteiger partial charge in [0, 0.05) is 50.2 Å². The molecule has 0 radical (unpaired) electrons. The molecule has 0 bridgehead atoms. The summed E-state index contributed by atoms with van der Waals surface area (Å²) in [6.07, 6.45) is 4.61. The molecule has 0 saturated heterocycles. The van der Waals surface area contributed by atoms with Crippen LogP contribution in [0, 0.1) is 0 Å². The Morgan fingerprint density at radius 2 is 1.84 bits per heavy atom. The predicted molar refractivity (Wildman–Crippen MR) is 136 cm³/mol. The van der Waals surface area contributed by atoms with Gasteiger partial charge in [0.1, 0.15) is 5.82 Å². The topological polar surface area (TPSA) is 72.7 Å². The van der Waals surface area contributed by atoms with Crippen LogP contribution >= 0.6 is 24.0 Å². The van der Waals surface area contributed by atoms with Gasteiger partial charge >= 0.3 is 0 Å². The molecule has 8 heteroatoms. The van der Waals surface area contributed by atoms with Crippen molar-refractivity contribution in [1.29, 1.82) is 0 Å². The minimum Gasteiger partial charge on any atom is -0.493 e. The first-order valence-corrected chi connectivity index (χ1v) is 10.0. The van der Waals surface area contributed by atoms with E-state index < -0.39 is 0 Å². The van der Waals surface area contributed by atoms with Crippen LogP contribution in [0.4, 0.5) is 5.69 Å². The van der Waals surface area contributed by atoms with Gasteiger partial charge in [0.2, 0.25) is 0 Å². The van der Waals surface area contributed by atoms with Crippen LogP contribution in [0.1, 0.15) is 18.3 Å². The number of hydrogen-bond donors (Lipinski definition) is 2. The molecule has 3 rings (SSSR count). The van der Waals surface area contributed by atoms with Gasteiger partial charge in [-0.1, -0.05) is 30.3 Å². The number of nitrogens with zero attached hydrogens (tertiary/aromatic N) is 3. The summed E-state index contributed by atoms with van der Waals surface area (Å²) < 4.78 is 12.8. The van der Waals surface area contributed by atoms with E-state index in [1.807, 2.05) is 43.6 Å². The molecule has 0 saturated carbocycles. The second-order valence-corrected chi connectivity index (χ2v) is 6.66. The lowest BCUT2D eigenvalue weighted by molar-refractivity contribution is 0.355. The van der Waals surface area contributed by atoms with E-state index in [2.05, 4.69) is 44.5 Å². The van der Waals surface area contributed by atoms with Crippen LogP contribution in [0.3, 0.4) is 0 Å². The van der Waals surface area contributed by atoms with Crippen molar-refractivity contribution in [2.75, 3.05) is 32.6 Å². The van der Waals surface area contributed by atoms with Gasteiger partial charge in [-0.05, 0) is 24.6 Å². The zero-order valence-corrected chi connectivity index (χ0v) is 20.5. The zero-order valence-electron chi connectivity index (χ0n) is 18.2. The smallest absolute Gasteiger partial charge is 0.195 e. The van der Waals surface area contributed by atoms with Crippen molar-refractivity contribution < 1.29 is 9.47 Å². The van der Waals surface area contributed by atoms with Crippen LogP contribution in [-0.4, -0.2) is 42.8 Å². The molecule has 0 aliphatic rings. The Morgan fingerprint density at radius 1 is 1.06 bits per heavy atom. The molecule has 0 amide bonds. The summed E-state index contributed by atoms with van der Waals surface area (Å²) in [5, 5.41) is 6.59. The number of rotatable bonds is 9. The number of guanidine groups is 1. The second kappa shape index (κ2) is 12.8. The molecular formula is C23H30IN5O2. The predicted octanol–water partition coefficient (Wildman–Crippen LogP) is 4.19. The van der Waals surface area contributed by atoms with Gasteiger partial charge < -0.3 is 24.7 Å². The summed E-state index contributed by atoms with van der Waals surface area (Å²) in [6.45, 7) is 4.23. The molecule has 2 aromatic carbocycles. The summed E-state index contributed by atoms with van der Waals surface area (Å²) in [4.78, 5) is 9.20.